The maximum atomic E-state index is 11.8. The van der Waals surface area contributed by atoms with Crippen LogP contribution in [0.25, 0.3) is 0 Å². The van der Waals surface area contributed by atoms with Crippen LogP contribution in [0, 0.1) is 0 Å². The van der Waals surface area contributed by atoms with Gasteiger partial charge in [0.25, 0.3) is 0 Å². The zero-order chi connectivity index (χ0) is 13.0. The molecule has 0 aromatic carbocycles. The summed E-state index contributed by atoms with van der Waals surface area (Å²) in [5, 5.41) is 2.88. The lowest BCUT2D eigenvalue weighted by atomic mass is 10.1. The molecule has 6 heteroatoms. The summed E-state index contributed by atoms with van der Waals surface area (Å²) in [6.45, 7) is 1.07. The molecule has 0 aromatic rings. The molecule has 100 valence electrons. The van der Waals surface area contributed by atoms with Crippen LogP contribution in [0.15, 0.2) is 0 Å². The second-order valence-corrected chi connectivity index (χ2v) is 5.74. The fraction of sp³-hybridized carbons (Fsp3) is 0.750. The maximum absolute atomic E-state index is 11.8. The van der Waals surface area contributed by atoms with Crippen molar-refractivity contribution in [2.24, 2.45) is 0 Å². The monoisotopic (exact) mass is 270 g/mol. The number of piperidine rings is 1. The average molecular weight is 270 g/mol. The van der Waals surface area contributed by atoms with Crippen molar-refractivity contribution in [2.45, 2.75) is 31.7 Å². The molecule has 5 nitrogen and oxygen atoms in total. The van der Waals surface area contributed by atoms with Crippen molar-refractivity contribution in [2.75, 3.05) is 24.6 Å². The van der Waals surface area contributed by atoms with Crippen LogP contribution in [0.3, 0.4) is 0 Å². The predicted molar refractivity (Wildman–Crippen MR) is 69.3 cm³/mol. The first-order valence-electron chi connectivity index (χ1n) is 6.32. The van der Waals surface area contributed by atoms with Gasteiger partial charge < -0.3 is 10.2 Å². The summed E-state index contributed by atoms with van der Waals surface area (Å²) in [6.07, 6.45) is 3.10. The number of rotatable bonds is 5. The van der Waals surface area contributed by atoms with Crippen LogP contribution >= 0.6 is 11.8 Å². The van der Waals surface area contributed by atoms with Crippen molar-refractivity contribution in [3.63, 3.8) is 0 Å². The van der Waals surface area contributed by atoms with Gasteiger partial charge in [0.2, 0.25) is 11.8 Å². The summed E-state index contributed by atoms with van der Waals surface area (Å²) in [4.78, 5) is 35.9. The first-order chi connectivity index (χ1) is 8.65. The maximum Gasteiger partial charge on any atom is 0.232 e. The van der Waals surface area contributed by atoms with Gasteiger partial charge in [-0.3, -0.25) is 14.4 Å². The van der Waals surface area contributed by atoms with Gasteiger partial charge in [-0.25, -0.2) is 0 Å². The van der Waals surface area contributed by atoms with E-state index in [9.17, 15) is 14.4 Å². The number of hydrogen-bond donors (Lipinski definition) is 1. The Hall–Kier alpha value is -1.04. The van der Waals surface area contributed by atoms with Gasteiger partial charge in [-0.15, -0.1) is 11.8 Å². The SMILES string of the molecule is O=C1CCN(C(=O)CSCC(=O)NC2CC2)CC1. The molecule has 2 amide bonds. The van der Waals surface area contributed by atoms with Crippen molar-refractivity contribution in [3.05, 3.63) is 0 Å². The zero-order valence-electron chi connectivity index (χ0n) is 10.3. The molecule has 0 aromatic heterocycles. The van der Waals surface area contributed by atoms with Crippen LogP contribution in [0.2, 0.25) is 0 Å². The average Bonchev–Trinajstić information content (AvgIpc) is 3.13. The number of nitrogens with zero attached hydrogens (tertiary/aromatic N) is 1. The second-order valence-electron chi connectivity index (χ2n) is 4.75. The molecule has 1 saturated carbocycles. The van der Waals surface area contributed by atoms with Crippen molar-refractivity contribution in [3.8, 4) is 0 Å². The molecule has 18 heavy (non-hydrogen) atoms. The number of nitrogens with one attached hydrogen (secondary N) is 1. The normalized spacial score (nSPS) is 19.8. The first-order valence-corrected chi connectivity index (χ1v) is 7.47. The van der Waals surface area contributed by atoms with Gasteiger partial charge in [0.05, 0.1) is 11.5 Å². The Kier molecular flexibility index (Phi) is 4.63. The Labute approximate surface area is 111 Å². The molecule has 0 radical (unpaired) electrons. The molecule has 1 aliphatic carbocycles. The van der Waals surface area contributed by atoms with E-state index < -0.39 is 0 Å². The minimum Gasteiger partial charge on any atom is -0.353 e. The standard InChI is InChI=1S/C12H18N2O3S/c15-10-3-5-14(6-4-10)12(17)8-18-7-11(16)13-9-1-2-9/h9H,1-8H2,(H,13,16). The minimum atomic E-state index is 0.0177. The molecule has 2 fully saturated rings. The Morgan fingerprint density at radius 3 is 2.50 bits per heavy atom. The van der Waals surface area contributed by atoms with Gasteiger partial charge >= 0.3 is 0 Å². The molecule has 2 rings (SSSR count). The summed E-state index contributed by atoms with van der Waals surface area (Å²) in [5.41, 5.74) is 0. The topological polar surface area (TPSA) is 66.5 Å². The lowest BCUT2D eigenvalue weighted by Gasteiger charge is -2.25. The molecule has 0 unspecified atom stereocenters. The highest BCUT2D eigenvalue weighted by atomic mass is 32.2. The first kappa shape index (κ1) is 13.4. The second kappa shape index (κ2) is 6.22. The van der Waals surface area contributed by atoms with Crippen LogP contribution in [0.1, 0.15) is 25.7 Å². The number of Topliss-reactive ketones (excluding diaryl/α,β-unsaturated/α-hetero) is 1. The van der Waals surface area contributed by atoms with Crippen molar-refractivity contribution < 1.29 is 14.4 Å². The van der Waals surface area contributed by atoms with E-state index in [4.69, 9.17) is 0 Å². The molecule has 0 bridgehead atoms. The molecular weight excluding hydrogens is 252 g/mol. The third-order valence-electron chi connectivity index (χ3n) is 3.07. The number of ketones is 1. The highest BCUT2D eigenvalue weighted by molar-refractivity contribution is 8.00. The fourth-order valence-electron chi connectivity index (χ4n) is 1.82. The van der Waals surface area contributed by atoms with Crippen molar-refractivity contribution >= 4 is 29.4 Å². The number of thioether (sulfide) groups is 1. The van der Waals surface area contributed by atoms with E-state index in [0.717, 1.165) is 12.8 Å². The van der Waals surface area contributed by atoms with Crippen molar-refractivity contribution in [1.29, 1.82) is 0 Å². The van der Waals surface area contributed by atoms with Gasteiger partial charge in [0.1, 0.15) is 5.78 Å². The summed E-state index contributed by atoms with van der Waals surface area (Å²) in [5.74, 6) is 0.952. The van der Waals surface area contributed by atoms with E-state index in [0.29, 0.717) is 43.5 Å². The van der Waals surface area contributed by atoms with Gasteiger partial charge in [0, 0.05) is 32.0 Å². The number of carbonyl (C=O) groups is 3. The fourth-order valence-corrected chi connectivity index (χ4v) is 2.55. The highest BCUT2D eigenvalue weighted by Gasteiger charge is 2.24. The van der Waals surface area contributed by atoms with Gasteiger partial charge in [-0.1, -0.05) is 0 Å². The van der Waals surface area contributed by atoms with Gasteiger partial charge in [0.15, 0.2) is 0 Å². The quantitative estimate of drug-likeness (QED) is 0.774. The molecule has 1 heterocycles. The molecular formula is C12H18N2O3S. The van der Waals surface area contributed by atoms with E-state index in [-0.39, 0.29) is 17.6 Å². The van der Waals surface area contributed by atoms with Crippen LogP contribution in [0.4, 0.5) is 0 Å². The van der Waals surface area contributed by atoms with Gasteiger partial charge in [-0.2, -0.15) is 0 Å². The van der Waals surface area contributed by atoms with E-state index in [1.54, 1.807) is 4.90 Å². The molecule has 1 aliphatic heterocycles. The molecule has 0 atom stereocenters. The van der Waals surface area contributed by atoms with E-state index in [2.05, 4.69) is 5.32 Å². The van der Waals surface area contributed by atoms with E-state index >= 15 is 0 Å². The molecule has 2 aliphatic rings. The predicted octanol–water partition coefficient (Wildman–Crippen LogP) is 0.190. The largest absolute Gasteiger partial charge is 0.353 e. The highest BCUT2D eigenvalue weighted by Crippen LogP contribution is 2.18. The lowest BCUT2D eigenvalue weighted by Crippen LogP contribution is -2.39. The van der Waals surface area contributed by atoms with E-state index in [1.165, 1.54) is 11.8 Å². The van der Waals surface area contributed by atoms with E-state index in [1.807, 2.05) is 0 Å². The number of hydrogen-bond acceptors (Lipinski definition) is 4. The van der Waals surface area contributed by atoms with Crippen LogP contribution in [0.5, 0.6) is 0 Å². The zero-order valence-corrected chi connectivity index (χ0v) is 11.1. The summed E-state index contributed by atoms with van der Waals surface area (Å²) < 4.78 is 0. The van der Waals surface area contributed by atoms with Gasteiger partial charge in [-0.05, 0) is 12.8 Å². The van der Waals surface area contributed by atoms with Crippen LogP contribution < -0.4 is 5.32 Å². The smallest absolute Gasteiger partial charge is 0.232 e. The molecule has 0 spiro atoms. The summed E-state index contributed by atoms with van der Waals surface area (Å²) in [7, 11) is 0. The number of carbonyl (C=O) groups excluding carboxylic acids is 3. The van der Waals surface area contributed by atoms with Crippen molar-refractivity contribution in [1.82, 2.24) is 10.2 Å². The third-order valence-corrected chi connectivity index (χ3v) is 3.99. The number of likely N-dealkylation sites (tertiary alicyclic amines) is 1. The third kappa shape index (κ3) is 4.33. The number of amides is 2. The van der Waals surface area contributed by atoms with Crippen LogP contribution in [-0.4, -0.2) is 53.1 Å². The van der Waals surface area contributed by atoms with Crippen LogP contribution in [-0.2, 0) is 14.4 Å². The minimum absolute atomic E-state index is 0.0177. The Bertz CT molecular complexity index is 345. The molecule has 1 saturated heterocycles. The Balaban J connectivity index is 1.59. The summed E-state index contributed by atoms with van der Waals surface area (Å²) >= 11 is 1.35. The summed E-state index contributed by atoms with van der Waals surface area (Å²) in [6, 6.07) is 0.377. The Morgan fingerprint density at radius 2 is 1.89 bits per heavy atom. The Morgan fingerprint density at radius 1 is 1.22 bits per heavy atom. The lowest BCUT2D eigenvalue weighted by molar-refractivity contribution is -0.132. The molecule has 1 N–H and O–H groups in total.